The van der Waals surface area contributed by atoms with Crippen molar-refractivity contribution in [3.8, 4) is 0 Å². The molecule has 0 amide bonds. The third-order valence-electron chi connectivity index (χ3n) is 4.08. The quantitative estimate of drug-likeness (QED) is 0.872. The monoisotopic (exact) mass is 320 g/mol. The molecule has 1 aromatic carbocycles. The second-order valence-corrected chi connectivity index (χ2v) is 6.21. The van der Waals surface area contributed by atoms with E-state index < -0.39 is 11.7 Å². The van der Waals surface area contributed by atoms with E-state index in [0.29, 0.717) is 13.1 Å². The lowest BCUT2D eigenvalue weighted by Gasteiger charge is -2.35. The molecule has 1 aromatic rings. The fourth-order valence-corrected chi connectivity index (χ4v) is 2.84. The van der Waals surface area contributed by atoms with Gasteiger partial charge in [0.05, 0.1) is 5.56 Å². The fraction of sp³-hybridized carbons (Fsp3) is 0.600. The van der Waals surface area contributed by atoms with Gasteiger partial charge in [0.15, 0.2) is 0 Å². The average Bonchev–Trinajstić information content (AvgIpc) is 2.60. The predicted molar refractivity (Wildman–Crippen MR) is 80.0 cm³/mol. The van der Waals surface area contributed by atoms with Gasteiger partial charge in [-0.25, -0.2) is 0 Å². The van der Waals surface area contributed by atoms with Crippen molar-refractivity contribution in [3.63, 3.8) is 0 Å². The van der Waals surface area contributed by atoms with Crippen LogP contribution in [-0.2, 0) is 6.18 Å². The molecule has 2 nitrogen and oxygen atoms in total. The molecule has 6 heteroatoms. The first kappa shape index (κ1) is 16.4. The number of nitrogens with zero attached hydrogens (tertiary/aromatic N) is 1. The van der Waals surface area contributed by atoms with Crippen molar-refractivity contribution in [3.05, 3.63) is 28.8 Å². The molecule has 1 aliphatic heterocycles. The van der Waals surface area contributed by atoms with Crippen molar-refractivity contribution < 1.29 is 13.2 Å². The Labute approximate surface area is 128 Å². The number of benzene rings is 1. The van der Waals surface area contributed by atoms with E-state index in [1.54, 1.807) is 0 Å². The molecule has 118 valence electrons. The number of anilines is 1. The highest BCUT2D eigenvalue weighted by Gasteiger charge is 2.37. The molecular weight excluding hydrogens is 301 g/mol. The summed E-state index contributed by atoms with van der Waals surface area (Å²) in [4.78, 5) is 1.82. The summed E-state index contributed by atoms with van der Waals surface area (Å²) >= 11 is 5.75. The Morgan fingerprint density at radius 3 is 2.71 bits per heavy atom. The average molecular weight is 321 g/mol. The first-order valence-electron chi connectivity index (χ1n) is 7.12. The first-order valence-corrected chi connectivity index (χ1v) is 7.50. The summed E-state index contributed by atoms with van der Waals surface area (Å²) < 4.78 is 39.8. The van der Waals surface area contributed by atoms with Gasteiger partial charge in [-0.1, -0.05) is 18.5 Å². The van der Waals surface area contributed by atoms with Crippen LogP contribution in [0.1, 0.15) is 32.3 Å². The number of alkyl halides is 3. The summed E-state index contributed by atoms with van der Waals surface area (Å²) in [5.74, 6) is 0. The summed E-state index contributed by atoms with van der Waals surface area (Å²) in [5, 5.41) is 3.54. The highest BCUT2D eigenvalue weighted by molar-refractivity contribution is 6.30. The second-order valence-electron chi connectivity index (χ2n) is 5.78. The molecule has 1 heterocycles. The number of hydrogen-bond acceptors (Lipinski definition) is 2. The van der Waals surface area contributed by atoms with Gasteiger partial charge in [0.25, 0.3) is 0 Å². The van der Waals surface area contributed by atoms with Gasteiger partial charge in [-0.05, 0) is 44.5 Å². The Hall–Kier alpha value is -0.940. The van der Waals surface area contributed by atoms with Gasteiger partial charge in [0, 0.05) is 29.3 Å². The molecule has 0 bridgehead atoms. The third-order valence-corrected chi connectivity index (χ3v) is 4.32. The standard InChI is InChI=1S/C15H20ClF3N2/c1-3-14(2)10-21(8-4-7-20-14)13-6-5-11(16)9-12(13)15(17,18)19/h5-6,9,20H,3-4,7-8,10H2,1-2H3. The minimum absolute atomic E-state index is 0.109. The molecule has 1 aliphatic rings. The van der Waals surface area contributed by atoms with Gasteiger partial charge in [0.2, 0.25) is 0 Å². The van der Waals surface area contributed by atoms with Gasteiger partial charge in [-0.2, -0.15) is 13.2 Å². The number of rotatable bonds is 2. The van der Waals surface area contributed by atoms with Crippen LogP contribution in [0.15, 0.2) is 18.2 Å². The Bertz CT molecular complexity index is 504. The largest absolute Gasteiger partial charge is 0.418 e. The molecular formula is C15H20ClF3N2. The Morgan fingerprint density at radius 1 is 1.38 bits per heavy atom. The predicted octanol–water partition coefficient (Wildman–Crippen LogP) is 4.33. The molecule has 0 aromatic heterocycles. The zero-order chi connectivity index (χ0) is 15.7. The van der Waals surface area contributed by atoms with Crippen molar-refractivity contribution in [2.75, 3.05) is 24.5 Å². The molecule has 1 unspecified atom stereocenters. The van der Waals surface area contributed by atoms with Crippen LogP contribution < -0.4 is 10.2 Å². The molecule has 21 heavy (non-hydrogen) atoms. The fourth-order valence-electron chi connectivity index (χ4n) is 2.67. The number of nitrogens with one attached hydrogen (secondary N) is 1. The van der Waals surface area contributed by atoms with Crippen molar-refractivity contribution in [2.24, 2.45) is 0 Å². The van der Waals surface area contributed by atoms with E-state index in [1.165, 1.54) is 12.1 Å². The van der Waals surface area contributed by atoms with Gasteiger partial charge in [-0.15, -0.1) is 0 Å². The van der Waals surface area contributed by atoms with Gasteiger partial charge in [0.1, 0.15) is 0 Å². The Kier molecular flexibility index (Phi) is 4.73. The lowest BCUT2D eigenvalue weighted by atomic mass is 9.98. The molecule has 0 spiro atoms. The molecule has 2 rings (SSSR count). The maximum absolute atomic E-state index is 13.3. The normalized spacial score (nSPS) is 24.0. The van der Waals surface area contributed by atoms with Crippen LogP contribution >= 0.6 is 11.6 Å². The Balaban J connectivity index is 2.40. The van der Waals surface area contributed by atoms with Crippen LogP contribution in [0.4, 0.5) is 18.9 Å². The van der Waals surface area contributed by atoms with Crippen LogP contribution in [0.5, 0.6) is 0 Å². The first-order chi connectivity index (χ1) is 9.75. The van der Waals surface area contributed by atoms with E-state index in [0.717, 1.165) is 25.5 Å². The minimum atomic E-state index is -4.40. The van der Waals surface area contributed by atoms with E-state index in [1.807, 2.05) is 11.8 Å². The number of hydrogen-bond donors (Lipinski definition) is 1. The lowest BCUT2D eigenvalue weighted by molar-refractivity contribution is -0.137. The van der Waals surface area contributed by atoms with Crippen molar-refractivity contribution >= 4 is 17.3 Å². The Morgan fingerprint density at radius 2 is 2.10 bits per heavy atom. The maximum Gasteiger partial charge on any atom is 0.418 e. The number of halogens is 4. The molecule has 1 fully saturated rings. The van der Waals surface area contributed by atoms with E-state index in [-0.39, 0.29) is 16.2 Å². The summed E-state index contributed by atoms with van der Waals surface area (Å²) in [6.45, 7) is 6.06. The van der Waals surface area contributed by atoms with Gasteiger partial charge >= 0.3 is 6.18 Å². The van der Waals surface area contributed by atoms with Gasteiger partial charge < -0.3 is 10.2 Å². The van der Waals surface area contributed by atoms with Crippen LogP contribution in [0.2, 0.25) is 5.02 Å². The third kappa shape index (κ3) is 3.83. The van der Waals surface area contributed by atoms with Gasteiger partial charge in [-0.3, -0.25) is 0 Å². The smallest absolute Gasteiger partial charge is 0.369 e. The highest BCUT2D eigenvalue weighted by atomic mass is 35.5. The summed E-state index contributed by atoms with van der Waals surface area (Å²) in [5.41, 5.74) is -0.621. The topological polar surface area (TPSA) is 15.3 Å². The summed E-state index contributed by atoms with van der Waals surface area (Å²) in [7, 11) is 0. The summed E-state index contributed by atoms with van der Waals surface area (Å²) in [6.07, 6.45) is -2.73. The zero-order valence-electron chi connectivity index (χ0n) is 12.2. The zero-order valence-corrected chi connectivity index (χ0v) is 13.0. The molecule has 0 aliphatic carbocycles. The van der Waals surface area contributed by atoms with Crippen LogP contribution in [-0.4, -0.2) is 25.2 Å². The van der Waals surface area contributed by atoms with Crippen LogP contribution in [0.3, 0.4) is 0 Å². The lowest BCUT2D eigenvalue weighted by Crippen LogP contribution is -2.48. The maximum atomic E-state index is 13.3. The molecule has 1 saturated heterocycles. The molecule has 1 N–H and O–H groups in total. The highest BCUT2D eigenvalue weighted by Crippen LogP contribution is 2.39. The second kappa shape index (κ2) is 6.05. The molecule has 0 radical (unpaired) electrons. The molecule has 0 saturated carbocycles. The van der Waals surface area contributed by atoms with E-state index >= 15 is 0 Å². The van der Waals surface area contributed by atoms with Crippen LogP contribution in [0, 0.1) is 0 Å². The van der Waals surface area contributed by atoms with E-state index in [4.69, 9.17) is 11.6 Å². The minimum Gasteiger partial charge on any atom is -0.369 e. The van der Waals surface area contributed by atoms with Crippen LogP contribution in [0.25, 0.3) is 0 Å². The van der Waals surface area contributed by atoms with E-state index in [2.05, 4.69) is 12.2 Å². The van der Waals surface area contributed by atoms with Crippen molar-refractivity contribution in [1.29, 1.82) is 0 Å². The van der Waals surface area contributed by atoms with E-state index in [9.17, 15) is 13.2 Å². The molecule has 1 atom stereocenters. The van der Waals surface area contributed by atoms with Crippen molar-refractivity contribution in [2.45, 2.75) is 38.4 Å². The summed E-state index contributed by atoms with van der Waals surface area (Å²) in [6, 6.07) is 4.01. The van der Waals surface area contributed by atoms with Crippen molar-refractivity contribution in [1.82, 2.24) is 5.32 Å². The SMILES string of the molecule is CCC1(C)CN(c2ccc(Cl)cc2C(F)(F)F)CCCN1.